The van der Waals surface area contributed by atoms with E-state index in [0.717, 1.165) is 12.1 Å². The number of benzene rings is 1. The van der Waals surface area contributed by atoms with Crippen LogP contribution in [0.5, 0.6) is 0 Å². The number of halogens is 2. The summed E-state index contributed by atoms with van der Waals surface area (Å²) < 4.78 is 26.3. The fourth-order valence-electron chi connectivity index (χ4n) is 1.04. The van der Waals surface area contributed by atoms with Crippen LogP contribution < -0.4 is 5.32 Å². The minimum Gasteiger partial charge on any atom is -0.314 e. The lowest BCUT2D eigenvalue weighted by Crippen LogP contribution is -2.16. The van der Waals surface area contributed by atoms with Crippen molar-refractivity contribution in [2.45, 2.75) is 0 Å². The molecule has 0 radical (unpaired) electrons. The first-order valence-corrected chi connectivity index (χ1v) is 4.17. The molecule has 0 aliphatic heterocycles. The number of tetrazole rings is 1. The van der Waals surface area contributed by atoms with Gasteiger partial charge in [0.2, 0.25) is 0 Å². The molecule has 0 unspecified atom stereocenters. The van der Waals surface area contributed by atoms with Crippen molar-refractivity contribution in [3.8, 4) is 0 Å². The van der Waals surface area contributed by atoms with E-state index in [4.69, 9.17) is 0 Å². The number of para-hydroxylation sites is 1. The summed E-state index contributed by atoms with van der Waals surface area (Å²) in [4.78, 5) is 11.4. The third kappa shape index (κ3) is 1.85. The quantitative estimate of drug-likeness (QED) is 0.789. The molecule has 1 aromatic carbocycles. The van der Waals surface area contributed by atoms with Crippen molar-refractivity contribution < 1.29 is 13.6 Å². The number of nitrogens with zero attached hydrogens (tertiary/aromatic N) is 3. The molecule has 0 fully saturated rings. The molecule has 0 atom stereocenters. The number of H-pyrrole nitrogens is 1. The molecule has 0 saturated carbocycles. The maximum absolute atomic E-state index is 13.1. The Kier molecular flexibility index (Phi) is 2.54. The van der Waals surface area contributed by atoms with Gasteiger partial charge in [-0.3, -0.25) is 4.79 Å². The van der Waals surface area contributed by atoms with Crippen LogP contribution in [0.4, 0.5) is 14.5 Å². The van der Waals surface area contributed by atoms with Crippen LogP contribution in [-0.4, -0.2) is 26.5 Å². The van der Waals surface area contributed by atoms with Crippen molar-refractivity contribution in [3.63, 3.8) is 0 Å². The summed E-state index contributed by atoms with van der Waals surface area (Å²) in [7, 11) is 0. The summed E-state index contributed by atoms with van der Waals surface area (Å²) in [6.07, 6.45) is 0. The molecule has 2 aromatic rings. The van der Waals surface area contributed by atoms with E-state index >= 15 is 0 Å². The largest absolute Gasteiger partial charge is 0.314 e. The summed E-state index contributed by atoms with van der Waals surface area (Å²) in [5, 5.41) is 13.9. The lowest BCUT2D eigenvalue weighted by molar-refractivity contribution is 0.101. The molecule has 1 heterocycles. The van der Waals surface area contributed by atoms with Crippen LogP contribution in [0.15, 0.2) is 18.2 Å². The standard InChI is InChI=1S/C8H5F2N5O/c9-4-2-1-3-5(10)6(4)11-8(16)7-12-14-15-13-7/h1-3H,(H,11,16)(H,12,13,14,15). The van der Waals surface area contributed by atoms with Gasteiger partial charge >= 0.3 is 0 Å². The highest BCUT2D eigenvalue weighted by atomic mass is 19.1. The lowest BCUT2D eigenvalue weighted by atomic mass is 10.3. The number of hydrogen-bond donors (Lipinski definition) is 2. The van der Waals surface area contributed by atoms with Gasteiger partial charge in [0.05, 0.1) is 0 Å². The zero-order valence-corrected chi connectivity index (χ0v) is 7.74. The number of anilines is 1. The van der Waals surface area contributed by atoms with Gasteiger partial charge < -0.3 is 5.32 Å². The zero-order chi connectivity index (χ0) is 11.5. The minimum atomic E-state index is -0.878. The van der Waals surface area contributed by atoms with Crippen molar-refractivity contribution in [2.75, 3.05) is 5.32 Å². The number of hydrogen-bond acceptors (Lipinski definition) is 4. The monoisotopic (exact) mass is 225 g/mol. The van der Waals surface area contributed by atoms with Gasteiger partial charge in [0.25, 0.3) is 11.7 Å². The number of aromatic amines is 1. The van der Waals surface area contributed by atoms with Crippen molar-refractivity contribution in [2.24, 2.45) is 0 Å². The summed E-state index contributed by atoms with van der Waals surface area (Å²) in [6, 6.07) is 3.23. The number of amides is 1. The molecule has 6 nitrogen and oxygen atoms in total. The number of nitrogens with one attached hydrogen (secondary N) is 2. The van der Waals surface area contributed by atoms with Crippen LogP contribution in [0, 0.1) is 11.6 Å². The second-order valence-corrected chi connectivity index (χ2v) is 2.79. The van der Waals surface area contributed by atoms with Crippen LogP contribution in [0.3, 0.4) is 0 Å². The van der Waals surface area contributed by atoms with Gasteiger partial charge in [-0.15, -0.1) is 10.2 Å². The molecule has 16 heavy (non-hydrogen) atoms. The number of carbonyl (C=O) groups excluding carboxylic acids is 1. The summed E-state index contributed by atoms with van der Waals surface area (Å²) in [5.74, 6) is -2.91. The zero-order valence-electron chi connectivity index (χ0n) is 7.74. The molecule has 0 aliphatic rings. The maximum atomic E-state index is 13.1. The first-order chi connectivity index (χ1) is 7.68. The van der Waals surface area contributed by atoms with E-state index in [0.29, 0.717) is 0 Å². The van der Waals surface area contributed by atoms with Crippen molar-refractivity contribution in [1.82, 2.24) is 20.6 Å². The Balaban J connectivity index is 2.25. The summed E-state index contributed by atoms with van der Waals surface area (Å²) in [5.41, 5.74) is -0.544. The van der Waals surface area contributed by atoms with Gasteiger partial charge in [-0.05, 0) is 17.3 Å². The molecule has 8 heteroatoms. The molecule has 2 rings (SSSR count). The van der Waals surface area contributed by atoms with Gasteiger partial charge in [-0.2, -0.15) is 5.21 Å². The molecule has 82 valence electrons. The van der Waals surface area contributed by atoms with Gasteiger partial charge in [0.1, 0.15) is 17.3 Å². The highest BCUT2D eigenvalue weighted by Crippen LogP contribution is 2.18. The first kappa shape index (κ1) is 10.1. The Morgan fingerprint density at radius 3 is 2.56 bits per heavy atom. The topological polar surface area (TPSA) is 83.6 Å². The number of aromatic nitrogens is 4. The summed E-state index contributed by atoms with van der Waals surface area (Å²) in [6.45, 7) is 0. The maximum Gasteiger partial charge on any atom is 0.297 e. The molecule has 1 amide bonds. The molecule has 0 bridgehead atoms. The summed E-state index contributed by atoms with van der Waals surface area (Å²) >= 11 is 0. The first-order valence-electron chi connectivity index (χ1n) is 4.17. The normalized spacial score (nSPS) is 10.1. The van der Waals surface area contributed by atoms with Gasteiger partial charge in [-0.1, -0.05) is 6.07 Å². The Bertz CT molecular complexity index is 493. The molecular weight excluding hydrogens is 220 g/mol. The Morgan fingerprint density at radius 2 is 2.00 bits per heavy atom. The van der Waals surface area contributed by atoms with Crippen molar-refractivity contribution in [1.29, 1.82) is 0 Å². The average Bonchev–Trinajstić information content (AvgIpc) is 2.76. The number of carbonyl (C=O) groups is 1. The molecule has 1 aromatic heterocycles. The third-order valence-electron chi connectivity index (χ3n) is 1.75. The third-order valence-corrected chi connectivity index (χ3v) is 1.75. The molecule has 0 aliphatic carbocycles. The van der Waals surface area contributed by atoms with Crippen LogP contribution in [0.1, 0.15) is 10.6 Å². The number of rotatable bonds is 2. The van der Waals surface area contributed by atoms with Gasteiger partial charge in [0, 0.05) is 0 Å². The molecule has 0 spiro atoms. The van der Waals surface area contributed by atoms with Crippen molar-refractivity contribution >= 4 is 11.6 Å². The second kappa shape index (κ2) is 4.01. The van der Waals surface area contributed by atoms with E-state index in [-0.39, 0.29) is 5.82 Å². The fourth-order valence-corrected chi connectivity index (χ4v) is 1.04. The predicted molar refractivity (Wildman–Crippen MR) is 48.5 cm³/mol. The minimum absolute atomic E-state index is 0.303. The SMILES string of the molecule is O=C(Nc1c(F)cccc1F)c1nn[nH]n1. The van der Waals surface area contributed by atoms with Crippen molar-refractivity contribution in [3.05, 3.63) is 35.7 Å². The smallest absolute Gasteiger partial charge is 0.297 e. The van der Waals surface area contributed by atoms with E-state index in [2.05, 4.69) is 20.6 Å². The Hall–Kier alpha value is -2.38. The van der Waals surface area contributed by atoms with E-state index in [1.807, 2.05) is 5.32 Å². The highest BCUT2D eigenvalue weighted by molar-refractivity contribution is 6.01. The highest BCUT2D eigenvalue weighted by Gasteiger charge is 2.15. The van der Waals surface area contributed by atoms with E-state index in [9.17, 15) is 13.6 Å². The lowest BCUT2D eigenvalue weighted by Gasteiger charge is -2.04. The van der Waals surface area contributed by atoms with Gasteiger partial charge in [0.15, 0.2) is 0 Å². The van der Waals surface area contributed by atoms with Crippen LogP contribution >= 0.6 is 0 Å². The van der Waals surface area contributed by atoms with E-state index in [1.54, 1.807) is 0 Å². The molecule has 0 saturated heterocycles. The fraction of sp³-hybridized carbons (Fsp3) is 0. The van der Waals surface area contributed by atoms with E-state index < -0.39 is 23.2 Å². The molecule has 2 N–H and O–H groups in total. The van der Waals surface area contributed by atoms with Crippen LogP contribution in [0.2, 0.25) is 0 Å². The Morgan fingerprint density at radius 1 is 1.31 bits per heavy atom. The van der Waals surface area contributed by atoms with Crippen LogP contribution in [-0.2, 0) is 0 Å². The molecular formula is C8H5F2N5O. The van der Waals surface area contributed by atoms with E-state index in [1.165, 1.54) is 6.07 Å². The second-order valence-electron chi connectivity index (χ2n) is 2.79. The Labute approximate surface area is 87.7 Å². The van der Waals surface area contributed by atoms with Crippen LogP contribution in [0.25, 0.3) is 0 Å². The average molecular weight is 225 g/mol. The predicted octanol–water partition coefficient (Wildman–Crippen LogP) is 0.730. The van der Waals surface area contributed by atoms with Gasteiger partial charge in [-0.25, -0.2) is 8.78 Å².